The maximum absolute atomic E-state index is 11.9. The number of rotatable bonds is 3. The van der Waals surface area contributed by atoms with Crippen LogP contribution in [0.4, 0.5) is 5.69 Å². The SMILES string of the molecule is CSC(=Nc1ccc(C(=O)NC(C)C)cc1C)NC#N. The number of amidine groups is 1. The Balaban J connectivity index is 2.99. The van der Waals surface area contributed by atoms with E-state index >= 15 is 0 Å². The van der Waals surface area contributed by atoms with Crippen LogP contribution in [0, 0.1) is 18.4 Å². The monoisotopic (exact) mass is 290 g/mol. The number of carbonyl (C=O) groups is 1. The lowest BCUT2D eigenvalue weighted by molar-refractivity contribution is 0.0943. The summed E-state index contributed by atoms with van der Waals surface area (Å²) >= 11 is 1.35. The number of nitrogens with zero attached hydrogens (tertiary/aromatic N) is 2. The molecule has 0 aliphatic heterocycles. The zero-order valence-electron chi connectivity index (χ0n) is 12.0. The summed E-state index contributed by atoms with van der Waals surface area (Å²) in [5.41, 5.74) is 2.22. The normalized spacial score (nSPS) is 11.1. The lowest BCUT2D eigenvalue weighted by Gasteiger charge is -2.10. The van der Waals surface area contributed by atoms with Crippen molar-refractivity contribution in [1.82, 2.24) is 10.6 Å². The third kappa shape index (κ3) is 4.59. The predicted octanol–water partition coefficient (Wildman–Crippen LogP) is 2.55. The molecule has 0 saturated heterocycles. The van der Waals surface area contributed by atoms with Gasteiger partial charge in [-0.25, -0.2) is 4.99 Å². The molecular weight excluding hydrogens is 272 g/mol. The number of benzene rings is 1. The van der Waals surface area contributed by atoms with Gasteiger partial charge in [-0.3, -0.25) is 10.1 Å². The third-order valence-corrected chi connectivity index (χ3v) is 3.04. The van der Waals surface area contributed by atoms with E-state index in [9.17, 15) is 4.79 Å². The van der Waals surface area contributed by atoms with E-state index in [1.54, 1.807) is 18.2 Å². The lowest BCUT2D eigenvalue weighted by atomic mass is 10.1. The lowest BCUT2D eigenvalue weighted by Crippen LogP contribution is -2.30. The fraction of sp³-hybridized carbons (Fsp3) is 0.357. The van der Waals surface area contributed by atoms with Crippen molar-refractivity contribution < 1.29 is 4.79 Å². The minimum absolute atomic E-state index is 0.0983. The quantitative estimate of drug-likeness (QED) is 0.388. The van der Waals surface area contributed by atoms with Crippen LogP contribution in [-0.2, 0) is 0 Å². The van der Waals surface area contributed by atoms with Crippen molar-refractivity contribution in [3.05, 3.63) is 29.3 Å². The molecule has 1 amide bonds. The summed E-state index contributed by atoms with van der Waals surface area (Å²) in [6, 6.07) is 5.40. The van der Waals surface area contributed by atoms with Crippen LogP contribution in [0.2, 0.25) is 0 Å². The maximum Gasteiger partial charge on any atom is 0.251 e. The Bertz CT molecular complexity index is 561. The number of amides is 1. The first-order chi connectivity index (χ1) is 9.47. The van der Waals surface area contributed by atoms with Crippen LogP contribution < -0.4 is 10.6 Å². The van der Waals surface area contributed by atoms with Gasteiger partial charge in [-0.05, 0) is 50.8 Å². The zero-order chi connectivity index (χ0) is 15.1. The van der Waals surface area contributed by atoms with Crippen LogP contribution in [0.5, 0.6) is 0 Å². The van der Waals surface area contributed by atoms with E-state index in [0.717, 1.165) is 11.3 Å². The van der Waals surface area contributed by atoms with E-state index < -0.39 is 0 Å². The van der Waals surface area contributed by atoms with E-state index in [0.29, 0.717) is 10.7 Å². The van der Waals surface area contributed by atoms with E-state index in [1.165, 1.54) is 11.8 Å². The standard InChI is InChI=1S/C14H18N4OS/c1-9(2)17-13(19)11-5-6-12(10(3)7-11)18-14(20-4)16-8-15/h5-7,9H,1-4H3,(H,16,18)(H,17,19). The number of thioether (sulfide) groups is 1. The van der Waals surface area contributed by atoms with Crippen LogP contribution in [0.1, 0.15) is 29.8 Å². The van der Waals surface area contributed by atoms with Gasteiger partial charge >= 0.3 is 0 Å². The highest BCUT2D eigenvalue weighted by Crippen LogP contribution is 2.21. The Hall–Kier alpha value is -2.00. The summed E-state index contributed by atoms with van der Waals surface area (Å²) < 4.78 is 0. The fourth-order valence-corrected chi connectivity index (χ4v) is 1.89. The van der Waals surface area contributed by atoms with Gasteiger partial charge in [-0.1, -0.05) is 11.8 Å². The average Bonchev–Trinajstić information content (AvgIpc) is 2.39. The second kappa shape index (κ2) is 7.56. The molecule has 0 heterocycles. The molecular formula is C14H18N4OS. The Morgan fingerprint density at radius 2 is 2.15 bits per heavy atom. The molecule has 1 aromatic rings. The van der Waals surface area contributed by atoms with Gasteiger partial charge in [0, 0.05) is 11.6 Å². The first-order valence-corrected chi connectivity index (χ1v) is 7.39. The summed E-state index contributed by atoms with van der Waals surface area (Å²) in [6.07, 6.45) is 3.68. The molecule has 0 bridgehead atoms. The Morgan fingerprint density at radius 3 is 2.65 bits per heavy atom. The minimum Gasteiger partial charge on any atom is -0.350 e. The molecule has 0 atom stereocenters. The van der Waals surface area contributed by atoms with Gasteiger partial charge < -0.3 is 5.32 Å². The average molecular weight is 290 g/mol. The van der Waals surface area contributed by atoms with Gasteiger partial charge in [0.05, 0.1) is 5.69 Å². The van der Waals surface area contributed by atoms with Crippen molar-refractivity contribution in [2.24, 2.45) is 4.99 Å². The van der Waals surface area contributed by atoms with Crippen molar-refractivity contribution >= 4 is 28.5 Å². The number of hydrogen-bond donors (Lipinski definition) is 2. The number of carbonyl (C=O) groups excluding carboxylic acids is 1. The Labute approximate surface area is 123 Å². The van der Waals surface area contributed by atoms with Crippen LogP contribution >= 0.6 is 11.8 Å². The number of aryl methyl sites for hydroxylation is 1. The second-order valence-corrected chi connectivity index (χ2v) is 5.28. The summed E-state index contributed by atoms with van der Waals surface area (Å²) in [6.45, 7) is 5.72. The van der Waals surface area contributed by atoms with Gasteiger partial charge in [0.1, 0.15) is 0 Å². The van der Waals surface area contributed by atoms with Crippen molar-refractivity contribution in [1.29, 1.82) is 5.26 Å². The molecule has 0 fully saturated rings. The number of aliphatic imine (C=N–C) groups is 1. The molecule has 6 heteroatoms. The first-order valence-electron chi connectivity index (χ1n) is 6.17. The van der Waals surface area contributed by atoms with E-state index in [4.69, 9.17) is 5.26 Å². The van der Waals surface area contributed by atoms with Gasteiger partial charge in [0.2, 0.25) is 0 Å². The molecule has 0 radical (unpaired) electrons. The summed E-state index contributed by atoms with van der Waals surface area (Å²) in [4.78, 5) is 16.2. The van der Waals surface area contributed by atoms with Crippen molar-refractivity contribution in [2.75, 3.05) is 6.26 Å². The van der Waals surface area contributed by atoms with E-state index in [-0.39, 0.29) is 11.9 Å². The molecule has 5 nitrogen and oxygen atoms in total. The Kier molecular flexibility index (Phi) is 6.07. The van der Waals surface area contributed by atoms with Crippen molar-refractivity contribution in [3.63, 3.8) is 0 Å². The molecule has 0 aliphatic rings. The molecule has 20 heavy (non-hydrogen) atoms. The van der Waals surface area contributed by atoms with Crippen LogP contribution in [-0.4, -0.2) is 23.4 Å². The molecule has 0 unspecified atom stereocenters. The summed E-state index contributed by atoms with van der Waals surface area (Å²) in [7, 11) is 0. The van der Waals surface area contributed by atoms with Crippen molar-refractivity contribution in [3.8, 4) is 6.19 Å². The molecule has 106 valence electrons. The predicted molar refractivity (Wildman–Crippen MR) is 83.1 cm³/mol. The van der Waals surface area contributed by atoms with Gasteiger partial charge in [0.15, 0.2) is 11.4 Å². The largest absolute Gasteiger partial charge is 0.350 e. The Morgan fingerprint density at radius 1 is 1.45 bits per heavy atom. The molecule has 0 saturated carbocycles. The van der Waals surface area contributed by atoms with Gasteiger partial charge in [0.25, 0.3) is 5.91 Å². The van der Waals surface area contributed by atoms with Gasteiger partial charge in [-0.2, -0.15) is 5.26 Å². The molecule has 2 N–H and O–H groups in total. The maximum atomic E-state index is 11.9. The van der Waals surface area contributed by atoms with Gasteiger partial charge in [-0.15, -0.1) is 0 Å². The first kappa shape index (κ1) is 16.1. The minimum atomic E-state index is -0.0983. The number of nitriles is 1. The number of hydrogen-bond acceptors (Lipinski definition) is 4. The molecule has 1 rings (SSSR count). The van der Waals surface area contributed by atoms with Crippen molar-refractivity contribution in [2.45, 2.75) is 26.8 Å². The van der Waals surface area contributed by atoms with E-state index in [1.807, 2.05) is 33.2 Å². The highest BCUT2D eigenvalue weighted by molar-refractivity contribution is 8.13. The van der Waals surface area contributed by atoms with Crippen LogP contribution in [0.25, 0.3) is 0 Å². The zero-order valence-corrected chi connectivity index (χ0v) is 12.8. The number of nitrogens with one attached hydrogen (secondary N) is 2. The molecule has 0 spiro atoms. The molecule has 0 aliphatic carbocycles. The van der Waals surface area contributed by atoms with E-state index in [2.05, 4.69) is 15.6 Å². The summed E-state index contributed by atoms with van der Waals surface area (Å²) in [5, 5.41) is 14.5. The topological polar surface area (TPSA) is 77.3 Å². The smallest absolute Gasteiger partial charge is 0.251 e. The fourth-order valence-electron chi connectivity index (χ4n) is 1.55. The summed E-state index contributed by atoms with van der Waals surface area (Å²) in [5.74, 6) is -0.0983. The van der Waals surface area contributed by atoms with Crippen LogP contribution in [0.15, 0.2) is 23.2 Å². The molecule has 1 aromatic carbocycles. The molecule has 0 aromatic heterocycles. The van der Waals surface area contributed by atoms with Crippen LogP contribution in [0.3, 0.4) is 0 Å². The highest BCUT2D eigenvalue weighted by atomic mass is 32.2. The third-order valence-electron chi connectivity index (χ3n) is 2.46. The second-order valence-electron chi connectivity index (χ2n) is 4.49. The highest BCUT2D eigenvalue weighted by Gasteiger charge is 2.09.